The van der Waals surface area contributed by atoms with Gasteiger partial charge < -0.3 is 14.8 Å². The Labute approximate surface area is 195 Å². The second-order valence-electron chi connectivity index (χ2n) is 6.55. The summed E-state index contributed by atoms with van der Waals surface area (Å²) in [6.07, 6.45) is 1.35. The van der Waals surface area contributed by atoms with Crippen LogP contribution in [0.15, 0.2) is 77.9 Å². The molecule has 3 aromatic rings. The summed E-state index contributed by atoms with van der Waals surface area (Å²) in [5, 5.41) is 6.78. The average molecular weight is 466 g/mol. The van der Waals surface area contributed by atoms with Gasteiger partial charge in [0.15, 0.2) is 0 Å². The standard InChI is InChI=1S/C24H20ClN3O5/c1-2-32-21-6-4-3-5-20(21)27-22(29)23(30)28-26-15-16-7-13-19(14-8-16)33-24(31)17-9-11-18(25)12-10-17/h3-15H,2H2,1H3,(H,27,29)(H,28,30). The fourth-order valence-corrected chi connectivity index (χ4v) is 2.75. The van der Waals surface area contributed by atoms with Crippen LogP contribution in [0.4, 0.5) is 5.69 Å². The van der Waals surface area contributed by atoms with Crippen molar-refractivity contribution < 1.29 is 23.9 Å². The van der Waals surface area contributed by atoms with Crippen LogP contribution in [0.2, 0.25) is 5.02 Å². The van der Waals surface area contributed by atoms with Crippen molar-refractivity contribution in [3.8, 4) is 11.5 Å². The third kappa shape index (κ3) is 6.91. The van der Waals surface area contributed by atoms with Gasteiger partial charge in [0.05, 0.1) is 24.1 Å². The predicted molar refractivity (Wildman–Crippen MR) is 125 cm³/mol. The molecule has 0 aliphatic heterocycles. The smallest absolute Gasteiger partial charge is 0.343 e. The number of esters is 1. The van der Waals surface area contributed by atoms with Crippen molar-refractivity contribution in [1.82, 2.24) is 5.43 Å². The zero-order valence-corrected chi connectivity index (χ0v) is 18.3. The topological polar surface area (TPSA) is 106 Å². The fourth-order valence-electron chi connectivity index (χ4n) is 2.62. The minimum absolute atomic E-state index is 0.337. The summed E-state index contributed by atoms with van der Waals surface area (Å²) in [5.41, 5.74) is 3.52. The third-order valence-corrected chi connectivity index (χ3v) is 4.44. The van der Waals surface area contributed by atoms with E-state index in [0.29, 0.717) is 39.9 Å². The molecule has 0 unspecified atom stereocenters. The molecule has 0 aliphatic carbocycles. The molecule has 2 N–H and O–H groups in total. The molecule has 2 amide bonds. The number of amides is 2. The number of hydrazone groups is 1. The first-order valence-corrected chi connectivity index (χ1v) is 10.3. The van der Waals surface area contributed by atoms with E-state index in [4.69, 9.17) is 21.1 Å². The maximum atomic E-state index is 12.1. The molecule has 3 aromatic carbocycles. The fraction of sp³-hybridized carbons (Fsp3) is 0.0833. The van der Waals surface area contributed by atoms with Gasteiger partial charge in [0.25, 0.3) is 0 Å². The van der Waals surface area contributed by atoms with Crippen LogP contribution in [-0.4, -0.2) is 30.6 Å². The largest absolute Gasteiger partial charge is 0.492 e. The maximum absolute atomic E-state index is 12.1. The lowest BCUT2D eigenvalue weighted by molar-refractivity contribution is -0.136. The second kappa shape index (κ2) is 11.4. The van der Waals surface area contributed by atoms with Crippen molar-refractivity contribution in [3.63, 3.8) is 0 Å². The molecule has 8 nitrogen and oxygen atoms in total. The van der Waals surface area contributed by atoms with Gasteiger partial charge in [-0.05, 0) is 73.2 Å². The molecule has 0 bridgehead atoms. The molecule has 0 fully saturated rings. The van der Waals surface area contributed by atoms with Crippen molar-refractivity contribution >= 4 is 41.3 Å². The maximum Gasteiger partial charge on any atom is 0.343 e. The van der Waals surface area contributed by atoms with Gasteiger partial charge in [0.2, 0.25) is 0 Å². The van der Waals surface area contributed by atoms with Crippen molar-refractivity contribution in [3.05, 3.63) is 88.9 Å². The van der Waals surface area contributed by atoms with Crippen LogP contribution in [0.25, 0.3) is 0 Å². The first kappa shape index (κ1) is 23.5. The molecule has 0 aliphatic rings. The van der Waals surface area contributed by atoms with Crippen LogP contribution in [0.3, 0.4) is 0 Å². The molecule has 0 radical (unpaired) electrons. The quantitative estimate of drug-likeness (QED) is 0.180. The van der Waals surface area contributed by atoms with E-state index >= 15 is 0 Å². The number of hydrogen-bond donors (Lipinski definition) is 2. The number of carbonyl (C=O) groups excluding carboxylic acids is 3. The van der Waals surface area contributed by atoms with E-state index in [-0.39, 0.29) is 0 Å². The van der Waals surface area contributed by atoms with E-state index in [1.807, 2.05) is 6.92 Å². The summed E-state index contributed by atoms with van der Waals surface area (Å²) < 4.78 is 10.7. The van der Waals surface area contributed by atoms with Crippen molar-refractivity contribution in [1.29, 1.82) is 0 Å². The Bertz CT molecular complexity index is 1160. The molecule has 33 heavy (non-hydrogen) atoms. The van der Waals surface area contributed by atoms with Crippen LogP contribution < -0.4 is 20.2 Å². The van der Waals surface area contributed by atoms with E-state index in [0.717, 1.165) is 0 Å². The first-order chi connectivity index (χ1) is 16.0. The van der Waals surface area contributed by atoms with Gasteiger partial charge in [0.1, 0.15) is 11.5 Å². The number of nitrogens with one attached hydrogen (secondary N) is 2. The predicted octanol–water partition coefficient (Wildman–Crippen LogP) is 4.05. The van der Waals surface area contributed by atoms with Gasteiger partial charge in [-0.1, -0.05) is 23.7 Å². The van der Waals surface area contributed by atoms with E-state index in [2.05, 4.69) is 15.8 Å². The highest BCUT2D eigenvalue weighted by atomic mass is 35.5. The minimum atomic E-state index is -0.939. The molecule has 0 aromatic heterocycles. The Morgan fingerprint density at radius 1 is 0.939 bits per heavy atom. The number of benzene rings is 3. The lowest BCUT2D eigenvalue weighted by Gasteiger charge is -2.10. The highest BCUT2D eigenvalue weighted by Crippen LogP contribution is 2.23. The normalized spacial score (nSPS) is 10.5. The molecule has 3 rings (SSSR count). The van der Waals surface area contributed by atoms with Gasteiger partial charge in [-0.3, -0.25) is 9.59 Å². The van der Waals surface area contributed by atoms with Gasteiger partial charge in [-0.2, -0.15) is 5.10 Å². The zero-order valence-electron chi connectivity index (χ0n) is 17.6. The van der Waals surface area contributed by atoms with E-state index in [1.54, 1.807) is 72.8 Å². The SMILES string of the molecule is CCOc1ccccc1NC(=O)C(=O)NN=Cc1ccc(OC(=O)c2ccc(Cl)cc2)cc1. The van der Waals surface area contributed by atoms with Crippen molar-refractivity contribution in [2.45, 2.75) is 6.92 Å². The third-order valence-electron chi connectivity index (χ3n) is 4.19. The molecule has 0 atom stereocenters. The summed E-state index contributed by atoms with van der Waals surface area (Å²) in [6, 6.07) is 19.6. The Kier molecular flexibility index (Phi) is 8.15. The van der Waals surface area contributed by atoms with Crippen LogP contribution in [-0.2, 0) is 9.59 Å². The number of nitrogens with zero attached hydrogens (tertiary/aromatic N) is 1. The second-order valence-corrected chi connectivity index (χ2v) is 6.98. The number of anilines is 1. The molecular formula is C24H20ClN3O5. The summed E-state index contributed by atoms with van der Waals surface area (Å²) in [4.78, 5) is 36.2. The van der Waals surface area contributed by atoms with Crippen LogP contribution in [0, 0.1) is 0 Å². The molecule has 0 heterocycles. The molecule has 0 saturated heterocycles. The average Bonchev–Trinajstić information content (AvgIpc) is 2.82. The Morgan fingerprint density at radius 3 is 2.33 bits per heavy atom. The first-order valence-electron chi connectivity index (χ1n) is 9.90. The summed E-state index contributed by atoms with van der Waals surface area (Å²) in [5.74, 6) is -1.54. The number of hydrogen-bond acceptors (Lipinski definition) is 6. The number of rotatable bonds is 7. The van der Waals surface area contributed by atoms with Crippen molar-refractivity contribution in [2.24, 2.45) is 5.10 Å². The molecule has 0 spiro atoms. The van der Waals surface area contributed by atoms with Gasteiger partial charge in [0, 0.05) is 5.02 Å². The van der Waals surface area contributed by atoms with Gasteiger partial charge in [-0.25, -0.2) is 10.2 Å². The molecular weight excluding hydrogens is 446 g/mol. The molecule has 168 valence electrons. The van der Waals surface area contributed by atoms with Crippen LogP contribution >= 0.6 is 11.6 Å². The summed E-state index contributed by atoms with van der Waals surface area (Å²) in [6.45, 7) is 2.23. The highest BCUT2D eigenvalue weighted by molar-refractivity contribution is 6.39. The number of halogens is 1. The lowest BCUT2D eigenvalue weighted by Crippen LogP contribution is -2.32. The van der Waals surface area contributed by atoms with Gasteiger partial charge in [-0.15, -0.1) is 0 Å². The van der Waals surface area contributed by atoms with Crippen LogP contribution in [0.1, 0.15) is 22.8 Å². The monoisotopic (exact) mass is 465 g/mol. The summed E-state index contributed by atoms with van der Waals surface area (Å²) in [7, 11) is 0. The zero-order chi connectivity index (χ0) is 23.6. The van der Waals surface area contributed by atoms with E-state index in [9.17, 15) is 14.4 Å². The van der Waals surface area contributed by atoms with Gasteiger partial charge >= 0.3 is 17.8 Å². The minimum Gasteiger partial charge on any atom is -0.492 e. The van der Waals surface area contributed by atoms with E-state index < -0.39 is 17.8 Å². The Hall–Kier alpha value is -4.17. The highest BCUT2D eigenvalue weighted by Gasteiger charge is 2.15. The van der Waals surface area contributed by atoms with Crippen molar-refractivity contribution in [2.75, 3.05) is 11.9 Å². The van der Waals surface area contributed by atoms with Crippen LogP contribution in [0.5, 0.6) is 11.5 Å². The molecule has 0 saturated carbocycles. The number of ether oxygens (including phenoxy) is 2. The number of carbonyl (C=O) groups is 3. The molecule has 9 heteroatoms. The Balaban J connectivity index is 1.51. The number of para-hydroxylation sites is 2. The summed E-state index contributed by atoms with van der Waals surface area (Å²) >= 11 is 5.81. The lowest BCUT2D eigenvalue weighted by atomic mass is 10.2. The Morgan fingerprint density at radius 2 is 1.64 bits per heavy atom. The van der Waals surface area contributed by atoms with E-state index in [1.165, 1.54) is 6.21 Å².